The number of hydrogen-bond acceptors (Lipinski definition) is 5. The molecule has 1 atom stereocenters. The van der Waals surface area contributed by atoms with Crippen LogP contribution in [-0.2, 0) is 6.54 Å². The number of nitrogens with zero attached hydrogens (tertiary/aromatic N) is 2. The molecule has 1 aromatic heterocycles. The Balaban J connectivity index is 1.39. The first-order valence-electron chi connectivity index (χ1n) is 7.40. The van der Waals surface area contributed by atoms with Crippen molar-refractivity contribution in [1.82, 2.24) is 9.55 Å². The average molecular weight is 312 g/mol. The van der Waals surface area contributed by atoms with E-state index >= 15 is 0 Å². The maximum atomic E-state index is 10.2. The number of aliphatic hydroxyl groups is 1. The molecule has 6 heteroatoms. The minimum Gasteiger partial charge on any atom is -0.491 e. The average Bonchev–Trinajstić information content (AvgIpc) is 3.20. The molecule has 1 aliphatic rings. The summed E-state index contributed by atoms with van der Waals surface area (Å²) in [4.78, 5) is 4.31. The lowest BCUT2D eigenvalue weighted by molar-refractivity contribution is 0.0933. The fraction of sp³-hybridized carbons (Fsp3) is 0.235. The van der Waals surface area contributed by atoms with Crippen molar-refractivity contribution in [2.24, 2.45) is 0 Å². The normalized spacial score (nSPS) is 14.1. The highest BCUT2D eigenvalue weighted by Gasteiger charge is 2.15. The summed E-state index contributed by atoms with van der Waals surface area (Å²) in [6.07, 6.45) is 1.09. The van der Waals surface area contributed by atoms with Crippen molar-refractivity contribution >= 4 is 11.0 Å². The molecule has 1 N–H and O–H groups in total. The molecule has 0 fully saturated rings. The molecule has 0 radical (unpaired) electrons. The highest BCUT2D eigenvalue weighted by Crippen LogP contribution is 2.35. The molecule has 2 aromatic carbocycles. The van der Waals surface area contributed by atoms with Crippen LogP contribution in [0.1, 0.15) is 0 Å². The van der Waals surface area contributed by atoms with Gasteiger partial charge in [0.2, 0.25) is 6.79 Å². The molecule has 2 heterocycles. The molecule has 0 aliphatic carbocycles. The van der Waals surface area contributed by atoms with Crippen LogP contribution in [0.5, 0.6) is 17.2 Å². The van der Waals surface area contributed by atoms with Gasteiger partial charge in [-0.25, -0.2) is 4.98 Å². The Labute approximate surface area is 132 Å². The Morgan fingerprint density at radius 3 is 3.00 bits per heavy atom. The van der Waals surface area contributed by atoms with Crippen LogP contribution >= 0.6 is 0 Å². The Morgan fingerprint density at radius 2 is 2.04 bits per heavy atom. The van der Waals surface area contributed by atoms with E-state index in [0.29, 0.717) is 23.8 Å². The predicted octanol–water partition coefficient (Wildman–Crippen LogP) is 2.20. The van der Waals surface area contributed by atoms with E-state index in [1.807, 2.05) is 28.8 Å². The van der Waals surface area contributed by atoms with Crippen LogP contribution in [0.2, 0.25) is 0 Å². The third kappa shape index (κ3) is 2.80. The number of imidazole rings is 1. The summed E-state index contributed by atoms with van der Waals surface area (Å²) >= 11 is 0. The van der Waals surface area contributed by atoms with E-state index in [2.05, 4.69) is 4.98 Å². The van der Waals surface area contributed by atoms with Crippen LogP contribution in [0.4, 0.5) is 0 Å². The van der Waals surface area contributed by atoms with Crippen molar-refractivity contribution < 1.29 is 19.3 Å². The summed E-state index contributed by atoms with van der Waals surface area (Å²) in [6, 6.07) is 13.2. The molecule has 0 unspecified atom stereocenters. The molecule has 0 spiro atoms. The van der Waals surface area contributed by atoms with Gasteiger partial charge in [-0.05, 0) is 24.3 Å². The fourth-order valence-corrected chi connectivity index (χ4v) is 2.59. The number of aliphatic hydroxyl groups excluding tert-OH is 1. The molecule has 1 aliphatic heterocycles. The van der Waals surface area contributed by atoms with Crippen molar-refractivity contribution in [2.75, 3.05) is 13.4 Å². The molecule has 4 rings (SSSR count). The summed E-state index contributed by atoms with van der Waals surface area (Å²) < 4.78 is 18.1. The minimum atomic E-state index is -0.641. The molecule has 3 aromatic rings. The molecular weight excluding hydrogens is 296 g/mol. The van der Waals surface area contributed by atoms with E-state index in [9.17, 15) is 5.11 Å². The third-order valence-electron chi connectivity index (χ3n) is 3.72. The van der Waals surface area contributed by atoms with Crippen molar-refractivity contribution in [1.29, 1.82) is 0 Å². The van der Waals surface area contributed by atoms with Crippen molar-refractivity contribution in [2.45, 2.75) is 12.6 Å². The van der Waals surface area contributed by atoms with Crippen LogP contribution in [0.3, 0.4) is 0 Å². The minimum absolute atomic E-state index is 0.187. The standard InChI is InChI=1S/C17H16N2O4/c20-12(8-19-10-18-14-3-1-2-4-15(14)19)9-21-13-5-6-16-17(7-13)23-11-22-16/h1-7,10,12,20H,8-9,11H2/t12-/m1/s1. The van der Waals surface area contributed by atoms with Gasteiger partial charge in [-0.15, -0.1) is 0 Å². The number of para-hydroxylation sites is 2. The smallest absolute Gasteiger partial charge is 0.231 e. The van der Waals surface area contributed by atoms with E-state index in [0.717, 1.165) is 11.0 Å². The summed E-state index contributed by atoms with van der Waals surface area (Å²) in [5.41, 5.74) is 1.91. The lowest BCUT2D eigenvalue weighted by Gasteiger charge is -2.13. The Bertz CT molecular complexity index is 830. The Morgan fingerprint density at radius 1 is 1.17 bits per heavy atom. The largest absolute Gasteiger partial charge is 0.491 e. The van der Waals surface area contributed by atoms with Crippen LogP contribution in [0, 0.1) is 0 Å². The number of benzene rings is 2. The van der Waals surface area contributed by atoms with Crippen molar-refractivity contribution in [3.8, 4) is 17.2 Å². The second-order valence-electron chi connectivity index (χ2n) is 5.37. The molecule has 0 saturated carbocycles. The zero-order valence-electron chi connectivity index (χ0n) is 12.4. The van der Waals surface area contributed by atoms with Crippen molar-refractivity contribution in [3.63, 3.8) is 0 Å². The second-order valence-corrected chi connectivity index (χ2v) is 5.37. The zero-order chi connectivity index (χ0) is 15.6. The first-order valence-corrected chi connectivity index (χ1v) is 7.40. The lowest BCUT2D eigenvalue weighted by atomic mass is 10.3. The van der Waals surface area contributed by atoms with Gasteiger partial charge in [-0.1, -0.05) is 12.1 Å². The molecule has 118 valence electrons. The van der Waals surface area contributed by atoms with Gasteiger partial charge in [0, 0.05) is 6.07 Å². The summed E-state index contributed by atoms with van der Waals surface area (Å²) in [5.74, 6) is 2.02. The van der Waals surface area contributed by atoms with E-state index in [1.54, 1.807) is 24.5 Å². The molecule has 23 heavy (non-hydrogen) atoms. The highest BCUT2D eigenvalue weighted by atomic mass is 16.7. The van der Waals surface area contributed by atoms with Crippen LogP contribution in [-0.4, -0.2) is 34.2 Å². The maximum absolute atomic E-state index is 10.2. The fourth-order valence-electron chi connectivity index (χ4n) is 2.59. The maximum Gasteiger partial charge on any atom is 0.231 e. The lowest BCUT2D eigenvalue weighted by Crippen LogP contribution is -2.23. The first-order chi connectivity index (χ1) is 11.3. The summed E-state index contributed by atoms with van der Waals surface area (Å²) in [6.45, 7) is 0.840. The Hall–Kier alpha value is -2.73. The van der Waals surface area contributed by atoms with E-state index in [1.165, 1.54) is 0 Å². The predicted molar refractivity (Wildman–Crippen MR) is 83.8 cm³/mol. The van der Waals surface area contributed by atoms with E-state index < -0.39 is 6.10 Å². The van der Waals surface area contributed by atoms with Crippen LogP contribution in [0.15, 0.2) is 48.8 Å². The van der Waals surface area contributed by atoms with Gasteiger partial charge >= 0.3 is 0 Å². The van der Waals surface area contributed by atoms with E-state index in [4.69, 9.17) is 14.2 Å². The molecule has 0 amide bonds. The number of fused-ring (bicyclic) bond motifs is 2. The van der Waals surface area contributed by atoms with Gasteiger partial charge < -0.3 is 23.9 Å². The zero-order valence-corrected chi connectivity index (χ0v) is 12.4. The van der Waals surface area contributed by atoms with Gasteiger partial charge in [-0.3, -0.25) is 0 Å². The summed E-state index contributed by atoms with van der Waals surface area (Å²) in [5, 5.41) is 10.2. The summed E-state index contributed by atoms with van der Waals surface area (Å²) in [7, 11) is 0. The number of aromatic nitrogens is 2. The molecule has 6 nitrogen and oxygen atoms in total. The van der Waals surface area contributed by atoms with Gasteiger partial charge in [0.05, 0.1) is 23.9 Å². The van der Waals surface area contributed by atoms with Gasteiger partial charge in [-0.2, -0.15) is 0 Å². The van der Waals surface area contributed by atoms with E-state index in [-0.39, 0.29) is 13.4 Å². The van der Waals surface area contributed by atoms with Gasteiger partial charge in [0.25, 0.3) is 0 Å². The van der Waals surface area contributed by atoms with Gasteiger partial charge in [0.1, 0.15) is 18.5 Å². The molecular formula is C17H16N2O4. The van der Waals surface area contributed by atoms with Crippen LogP contribution < -0.4 is 14.2 Å². The number of rotatable bonds is 5. The van der Waals surface area contributed by atoms with Crippen molar-refractivity contribution in [3.05, 3.63) is 48.8 Å². The topological polar surface area (TPSA) is 65.7 Å². The number of ether oxygens (including phenoxy) is 3. The quantitative estimate of drug-likeness (QED) is 0.782. The first kappa shape index (κ1) is 13.9. The Kier molecular flexibility index (Phi) is 3.51. The van der Waals surface area contributed by atoms with Crippen LogP contribution in [0.25, 0.3) is 11.0 Å². The SMILES string of the molecule is O[C@@H](COc1ccc2c(c1)OCO2)Cn1cnc2ccccc21. The molecule has 0 saturated heterocycles. The third-order valence-corrected chi connectivity index (χ3v) is 3.72. The monoisotopic (exact) mass is 312 g/mol. The van der Waals surface area contributed by atoms with Gasteiger partial charge in [0.15, 0.2) is 11.5 Å². The second kappa shape index (κ2) is 5.81. The number of hydrogen-bond donors (Lipinski definition) is 1. The molecule has 0 bridgehead atoms. The highest BCUT2D eigenvalue weighted by molar-refractivity contribution is 5.74.